The first-order valence-corrected chi connectivity index (χ1v) is 4.62. The van der Waals surface area contributed by atoms with Gasteiger partial charge in [-0.1, -0.05) is 0 Å². The van der Waals surface area contributed by atoms with Crippen LogP contribution >= 0.6 is 23.2 Å². The number of hydrogen-bond donors (Lipinski definition) is 0. The van der Waals surface area contributed by atoms with Gasteiger partial charge in [0.2, 0.25) is 5.24 Å². The van der Waals surface area contributed by atoms with Crippen LogP contribution in [0.2, 0.25) is 0 Å². The van der Waals surface area contributed by atoms with E-state index in [0.717, 1.165) is 0 Å². The molecule has 1 amide bonds. The van der Waals surface area contributed by atoms with Crippen molar-refractivity contribution in [2.75, 3.05) is 26.7 Å². The molecule has 1 aliphatic rings. The third kappa shape index (κ3) is 2.56. The van der Waals surface area contributed by atoms with Gasteiger partial charge in [-0.2, -0.15) is 0 Å². The van der Waals surface area contributed by atoms with E-state index in [9.17, 15) is 9.59 Å². The van der Waals surface area contributed by atoms with E-state index in [1.807, 2.05) is 11.9 Å². The molecule has 6 heteroatoms. The standard InChI is InChI=1S/C7H10Cl2N2O2/c1-10-2-3-11(7(9)13)5(4-10)6(8)12/h5H,2-4H2,1H3. The van der Waals surface area contributed by atoms with Gasteiger partial charge in [-0.05, 0) is 30.2 Å². The highest BCUT2D eigenvalue weighted by Crippen LogP contribution is 2.13. The Morgan fingerprint density at radius 3 is 2.38 bits per heavy atom. The highest BCUT2D eigenvalue weighted by atomic mass is 35.5. The van der Waals surface area contributed by atoms with E-state index in [4.69, 9.17) is 23.2 Å². The quantitative estimate of drug-likeness (QED) is 0.487. The van der Waals surface area contributed by atoms with Crippen LogP contribution in [0.5, 0.6) is 0 Å². The van der Waals surface area contributed by atoms with Crippen LogP contribution in [0.3, 0.4) is 0 Å². The van der Waals surface area contributed by atoms with Gasteiger partial charge in [-0.3, -0.25) is 9.59 Å². The molecule has 0 aromatic rings. The number of piperazine rings is 1. The molecule has 1 saturated heterocycles. The second-order valence-corrected chi connectivity index (χ2v) is 3.72. The second-order valence-electron chi connectivity index (χ2n) is 3.03. The highest BCUT2D eigenvalue weighted by Gasteiger charge is 2.32. The molecule has 0 aromatic heterocycles. The van der Waals surface area contributed by atoms with Crippen molar-refractivity contribution >= 4 is 33.8 Å². The Bertz CT molecular complexity index is 235. The third-order valence-electron chi connectivity index (χ3n) is 2.07. The minimum absolute atomic E-state index is 0.445. The lowest BCUT2D eigenvalue weighted by Crippen LogP contribution is -2.55. The van der Waals surface area contributed by atoms with Gasteiger partial charge < -0.3 is 9.80 Å². The van der Waals surface area contributed by atoms with E-state index in [1.54, 1.807) is 0 Å². The van der Waals surface area contributed by atoms with Crippen LogP contribution in [0.15, 0.2) is 0 Å². The topological polar surface area (TPSA) is 40.6 Å². The molecule has 1 fully saturated rings. The van der Waals surface area contributed by atoms with Crippen molar-refractivity contribution < 1.29 is 9.59 Å². The van der Waals surface area contributed by atoms with Crippen LogP contribution in [-0.2, 0) is 4.79 Å². The van der Waals surface area contributed by atoms with Crippen molar-refractivity contribution in [3.63, 3.8) is 0 Å². The van der Waals surface area contributed by atoms with Crippen molar-refractivity contribution in [3.05, 3.63) is 0 Å². The van der Waals surface area contributed by atoms with E-state index in [-0.39, 0.29) is 0 Å². The Balaban J connectivity index is 2.72. The molecule has 74 valence electrons. The number of likely N-dealkylation sites (N-methyl/N-ethyl adjacent to an activating group) is 1. The number of halogens is 2. The van der Waals surface area contributed by atoms with Crippen molar-refractivity contribution in [1.29, 1.82) is 0 Å². The van der Waals surface area contributed by atoms with Crippen molar-refractivity contribution in [3.8, 4) is 0 Å². The summed E-state index contributed by atoms with van der Waals surface area (Å²) in [6, 6.07) is -0.606. The smallest absolute Gasteiger partial charge is 0.315 e. The van der Waals surface area contributed by atoms with Gasteiger partial charge >= 0.3 is 5.37 Å². The minimum atomic E-state index is -0.618. The zero-order chi connectivity index (χ0) is 10.0. The summed E-state index contributed by atoms with van der Waals surface area (Å²) in [4.78, 5) is 25.0. The Labute approximate surface area is 86.4 Å². The number of amides is 1. The summed E-state index contributed by atoms with van der Waals surface area (Å²) in [7, 11) is 1.86. The first kappa shape index (κ1) is 10.8. The summed E-state index contributed by atoms with van der Waals surface area (Å²) < 4.78 is 0. The Hall–Kier alpha value is -0.320. The van der Waals surface area contributed by atoms with Crippen LogP contribution < -0.4 is 0 Å². The fourth-order valence-electron chi connectivity index (χ4n) is 1.32. The first-order valence-electron chi connectivity index (χ1n) is 3.86. The second kappa shape index (κ2) is 4.26. The largest absolute Gasteiger partial charge is 0.317 e. The molecule has 0 aromatic carbocycles. The highest BCUT2D eigenvalue weighted by molar-refractivity contribution is 6.66. The molecule has 1 aliphatic heterocycles. The Morgan fingerprint density at radius 1 is 1.31 bits per heavy atom. The molecule has 0 spiro atoms. The zero-order valence-corrected chi connectivity index (χ0v) is 8.68. The number of carbonyl (C=O) groups is 2. The molecule has 0 N–H and O–H groups in total. The summed E-state index contributed by atoms with van der Waals surface area (Å²) in [6.07, 6.45) is 0. The van der Waals surface area contributed by atoms with E-state index in [2.05, 4.69) is 0 Å². The predicted octanol–water partition coefficient (Wildman–Crippen LogP) is 0.727. The fraction of sp³-hybridized carbons (Fsp3) is 0.714. The van der Waals surface area contributed by atoms with Gasteiger partial charge in [-0.25, -0.2) is 0 Å². The Kier molecular flexibility index (Phi) is 3.53. The van der Waals surface area contributed by atoms with Crippen molar-refractivity contribution in [1.82, 2.24) is 9.80 Å². The molecule has 1 atom stereocenters. The van der Waals surface area contributed by atoms with Gasteiger partial charge in [0.1, 0.15) is 6.04 Å². The minimum Gasteiger partial charge on any atom is -0.315 e. The molecule has 0 bridgehead atoms. The molecular weight excluding hydrogens is 215 g/mol. The fourth-order valence-corrected chi connectivity index (χ4v) is 1.71. The molecule has 0 aliphatic carbocycles. The maximum absolute atomic E-state index is 10.9. The number of rotatable bonds is 1. The van der Waals surface area contributed by atoms with Crippen molar-refractivity contribution in [2.45, 2.75) is 6.04 Å². The average Bonchev–Trinajstić information content (AvgIpc) is 2.03. The first-order chi connectivity index (χ1) is 6.02. The number of nitrogens with zero attached hydrogens (tertiary/aromatic N) is 2. The van der Waals surface area contributed by atoms with E-state index in [1.165, 1.54) is 4.90 Å². The SMILES string of the molecule is CN1CCN(C(=O)Cl)C(C(=O)Cl)C1. The van der Waals surface area contributed by atoms with Gasteiger partial charge in [0.15, 0.2) is 0 Å². The summed E-state index contributed by atoms with van der Waals surface area (Å²) in [6.45, 7) is 1.60. The summed E-state index contributed by atoms with van der Waals surface area (Å²) in [5.74, 6) is 0. The predicted molar refractivity (Wildman–Crippen MR) is 50.1 cm³/mol. The van der Waals surface area contributed by atoms with Gasteiger partial charge in [-0.15, -0.1) is 0 Å². The van der Waals surface area contributed by atoms with E-state index < -0.39 is 16.7 Å². The molecule has 4 nitrogen and oxygen atoms in total. The lowest BCUT2D eigenvalue weighted by atomic mass is 10.2. The van der Waals surface area contributed by atoms with Crippen molar-refractivity contribution in [2.24, 2.45) is 0 Å². The molecular formula is C7H10Cl2N2O2. The van der Waals surface area contributed by atoms with E-state index >= 15 is 0 Å². The molecule has 1 heterocycles. The van der Waals surface area contributed by atoms with Crippen LogP contribution in [0, 0.1) is 0 Å². The average molecular weight is 225 g/mol. The molecule has 1 rings (SSSR count). The van der Waals surface area contributed by atoms with Gasteiger partial charge in [0, 0.05) is 19.6 Å². The van der Waals surface area contributed by atoms with Crippen LogP contribution in [0.25, 0.3) is 0 Å². The zero-order valence-electron chi connectivity index (χ0n) is 7.17. The molecule has 1 unspecified atom stereocenters. The van der Waals surface area contributed by atoms with E-state index in [0.29, 0.717) is 19.6 Å². The van der Waals surface area contributed by atoms with Gasteiger partial charge in [0.05, 0.1) is 0 Å². The molecule has 13 heavy (non-hydrogen) atoms. The summed E-state index contributed by atoms with van der Waals surface area (Å²) >= 11 is 10.6. The van der Waals surface area contributed by atoms with Crippen LogP contribution in [0.4, 0.5) is 4.79 Å². The normalized spacial score (nSPS) is 24.5. The monoisotopic (exact) mass is 224 g/mol. The molecule has 0 radical (unpaired) electrons. The number of hydrogen-bond acceptors (Lipinski definition) is 3. The summed E-state index contributed by atoms with van der Waals surface area (Å²) in [5.41, 5.74) is 0. The number of carbonyl (C=O) groups excluding carboxylic acids is 2. The lowest BCUT2D eigenvalue weighted by Gasteiger charge is -2.36. The van der Waals surface area contributed by atoms with Crippen LogP contribution in [-0.4, -0.2) is 53.1 Å². The maximum Gasteiger partial charge on any atom is 0.317 e. The lowest BCUT2D eigenvalue weighted by molar-refractivity contribution is -0.117. The van der Waals surface area contributed by atoms with Crippen LogP contribution in [0.1, 0.15) is 0 Å². The summed E-state index contributed by atoms with van der Waals surface area (Å²) in [5, 5.41) is -1.16. The van der Waals surface area contributed by atoms with Gasteiger partial charge in [0.25, 0.3) is 0 Å². The maximum atomic E-state index is 10.9. The third-order valence-corrected chi connectivity index (χ3v) is 2.54. The molecule has 0 saturated carbocycles. The Morgan fingerprint density at radius 2 is 1.92 bits per heavy atom.